The topological polar surface area (TPSA) is 79.7 Å². The lowest BCUT2D eigenvalue weighted by molar-refractivity contribution is -0.131. The van der Waals surface area contributed by atoms with Gasteiger partial charge >= 0.3 is 0 Å². The van der Waals surface area contributed by atoms with Gasteiger partial charge in [-0.25, -0.2) is 0 Å². The van der Waals surface area contributed by atoms with Gasteiger partial charge in [0.2, 0.25) is 11.8 Å². The predicted molar refractivity (Wildman–Crippen MR) is 81.8 cm³/mol. The average molecular weight is 307 g/mol. The Hall–Kier alpha value is -1.65. The van der Waals surface area contributed by atoms with Crippen molar-refractivity contribution in [3.8, 4) is 6.07 Å². The van der Waals surface area contributed by atoms with Gasteiger partial charge in [-0.2, -0.15) is 5.26 Å². The van der Waals surface area contributed by atoms with Gasteiger partial charge in [-0.15, -0.1) is 0 Å². The Balaban J connectivity index is 1.80. The van der Waals surface area contributed by atoms with Gasteiger partial charge in [-0.1, -0.05) is 6.92 Å². The summed E-state index contributed by atoms with van der Waals surface area (Å²) in [5, 5.41) is 11.1. The van der Waals surface area contributed by atoms with Crippen molar-refractivity contribution in [2.45, 2.75) is 19.9 Å². The van der Waals surface area contributed by atoms with Crippen molar-refractivity contribution in [3.63, 3.8) is 0 Å². The van der Waals surface area contributed by atoms with E-state index in [9.17, 15) is 9.59 Å². The second-order valence-corrected chi connectivity index (χ2v) is 6.22. The zero-order valence-electron chi connectivity index (χ0n) is 13.4. The van der Waals surface area contributed by atoms with Crippen molar-refractivity contribution < 1.29 is 9.59 Å². The molecule has 1 N–H and O–H groups in total. The fourth-order valence-corrected chi connectivity index (χ4v) is 3.42. The molecule has 0 aromatic rings. The summed E-state index contributed by atoms with van der Waals surface area (Å²) in [5.41, 5.74) is 0. The summed E-state index contributed by atoms with van der Waals surface area (Å²) in [7, 11) is 0. The lowest BCUT2D eigenvalue weighted by atomic mass is 10.0. The highest BCUT2D eigenvalue weighted by Crippen LogP contribution is 2.22. The van der Waals surface area contributed by atoms with Gasteiger partial charge in [-0.05, 0) is 5.92 Å². The molecule has 2 aliphatic rings. The van der Waals surface area contributed by atoms with Crippen LogP contribution in [0, 0.1) is 17.2 Å². The maximum Gasteiger partial charge on any atom is 0.235 e. The number of nitrogens with zero attached hydrogens (tertiary/aromatic N) is 4. The Kier molecular flexibility index (Phi) is 5.75. The van der Waals surface area contributed by atoms with Gasteiger partial charge in [0.1, 0.15) is 6.54 Å². The molecule has 2 saturated heterocycles. The summed E-state index contributed by atoms with van der Waals surface area (Å²) < 4.78 is 0. The number of piperazine rings is 1. The minimum atomic E-state index is -0.0872. The van der Waals surface area contributed by atoms with Crippen LogP contribution in [0.4, 0.5) is 0 Å². The van der Waals surface area contributed by atoms with E-state index in [2.05, 4.69) is 22.0 Å². The second kappa shape index (κ2) is 7.56. The first-order valence-electron chi connectivity index (χ1n) is 7.87. The van der Waals surface area contributed by atoms with Gasteiger partial charge < -0.3 is 10.2 Å². The van der Waals surface area contributed by atoms with Crippen LogP contribution in [0.1, 0.15) is 13.8 Å². The van der Waals surface area contributed by atoms with E-state index in [1.807, 2.05) is 11.0 Å². The minimum absolute atomic E-state index is 0.0681. The van der Waals surface area contributed by atoms with Gasteiger partial charge in [0, 0.05) is 52.2 Å². The Morgan fingerprint density at radius 2 is 1.91 bits per heavy atom. The van der Waals surface area contributed by atoms with Gasteiger partial charge in [-0.3, -0.25) is 19.4 Å². The second-order valence-electron chi connectivity index (χ2n) is 6.22. The maximum atomic E-state index is 11.7. The molecule has 2 fully saturated rings. The van der Waals surface area contributed by atoms with E-state index < -0.39 is 0 Å². The van der Waals surface area contributed by atoms with E-state index in [1.54, 1.807) is 6.92 Å². The highest BCUT2D eigenvalue weighted by Gasteiger charge is 2.35. The molecule has 22 heavy (non-hydrogen) atoms. The molecule has 122 valence electrons. The molecule has 7 heteroatoms. The Bertz CT molecular complexity index is 453. The number of amides is 2. The molecule has 0 bridgehead atoms. The molecule has 0 radical (unpaired) electrons. The summed E-state index contributed by atoms with van der Waals surface area (Å²) in [4.78, 5) is 29.6. The van der Waals surface area contributed by atoms with Crippen LogP contribution in [0.15, 0.2) is 0 Å². The average Bonchev–Trinajstić information content (AvgIpc) is 2.85. The van der Waals surface area contributed by atoms with Crippen LogP contribution in [0.2, 0.25) is 0 Å². The summed E-state index contributed by atoms with van der Waals surface area (Å²) in [6.07, 6.45) is 0. The predicted octanol–water partition coefficient (Wildman–Crippen LogP) is -0.889. The SMILES string of the molecule is CC(=O)N1CCN([C@H]2CN(CC(=O)NCC#N)C[C@H]2C)CC1. The normalized spacial score (nSPS) is 26.7. The lowest BCUT2D eigenvalue weighted by Crippen LogP contribution is -2.53. The van der Waals surface area contributed by atoms with E-state index in [4.69, 9.17) is 5.26 Å². The summed E-state index contributed by atoms with van der Waals surface area (Å²) in [6.45, 7) is 9.44. The number of hydrogen-bond acceptors (Lipinski definition) is 5. The lowest BCUT2D eigenvalue weighted by Gasteiger charge is -2.39. The molecule has 7 nitrogen and oxygen atoms in total. The standard InChI is InChI=1S/C15H25N5O2/c1-12-9-18(11-15(22)17-4-3-16)10-14(12)20-7-5-19(6-8-20)13(2)21/h12,14H,4-11H2,1-2H3,(H,17,22)/t12-,14+/m1/s1. The fraction of sp³-hybridized carbons (Fsp3) is 0.800. The molecular formula is C15H25N5O2. The molecule has 0 aromatic carbocycles. The van der Waals surface area contributed by atoms with Crippen LogP contribution in [0.5, 0.6) is 0 Å². The number of carbonyl (C=O) groups excluding carboxylic acids is 2. The van der Waals surface area contributed by atoms with E-state index in [-0.39, 0.29) is 18.4 Å². The number of likely N-dealkylation sites (tertiary alicyclic amines) is 1. The third-order valence-electron chi connectivity index (χ3n) is 4.61. The van der Waals surface area contributed by atoms with E-state index >= 15 is 0 Å². The van der Waals surface area contributed by atoms with E-state index in [1.165, 1.54) is 0 Å². The largest absolute Gasteiger partial charge is 0.342 e. The summed E-state index contributed by atoms with van der Waals surface area (Å²) in [6, 6.07) is 2.36. The highest BCUT2D eigenvalue weighted by molar-refractivity contribution is 5.78. The minimum Gasteiger partial charge on any atom is -0.342 e. The molecule has 0 spiro atoms. The van der Waals surface area contributed by atoms with Crippen molar-refractivity contribution in [1.29, 1.82) is 5.26 Å². The number of nitriles is 1. The summed E-state index contributed by atoms with van der Waals surface area (Å²) >= 11 is 0. The first kappa shape index (κ1) is 16.7. The number of rotatable bonds is 4. The van der Waals surface area contributed by atoms with Crippen molar-refractivity contribution in [2.24, 2.45) is 5.92 Å². The molecule has 0 saturated carbocycles. The van der Waals surface area contributed by atoms with Crippen molar-refractivity contribution in [1.82, 2.24) is 20.0 Å². The third-order valence-corrected chi connectivity index (χ3v) is 4.61. The summed E-state index contributed by atoms with van der Waals surface area (Å²) in [5.74, 6) is 0.568. The van der Waals surface area contributed by atoms with Crippen molar-refractivity contribution >= 4 is 11.8 Å². The monoisotopic (exact) mass is 307 g/mol. The van der Waals surface area contributed by atoms with E-state index in [0.29, 0.717) is 18.5 Å². The van der Waals surface area contributed by atoms with E-state index in [0.717, 1.165) is 39.3 Å². The van der Waals surface area contributed by atoms with Gasteiger partial charge in [0.15, 0.2) is 0 Å². The molecule has 2 heterocycles. The van der Waals surface area contributed by atoms with Gasteiger partial charge in [0.25, 0.3) is 0 Å². The highest BCUT2D eigenvalue weighted by atomic mass is 16.2. The Morgan fingerprint density at radius 1 is 1.23 bits per heavy atom. The maximum absolute atomic E-state index is 11.7. The van der Waals surface area contributed by atoms with Crippen LogP contribution >= 0.6 is 0 Å². The van der Waals surface area contributed by atoms with Gasteiger partial charge in [0.05, 0.1) is 12.6 Å². The molecule has 2 amide bonds. The molecular weight excluding hydrogens is 282 g/mol. The number of hydrogen-bond donors (Lipinski definition) is 1. The zero-order chi connectivity index (χ0) is 16.1. The van der Waals surface area contributed by atoms with Crippen LogP contribution in [0.25, 0.3) is 0 Å². The van der Waals surface area contributed by atoms with Crippen LogP contribution < -0.4 is 5.32 Å². The first-order chi connectivity index (χ1) is 10.5. The van der Waals surface area contributed by atoms with Crippen LogP contribution in [-0.4, -0.2) is 84.9 Å². The third kappa shape index (κ3) is 4.18. The van der Waals surface area contributed by atoms with Crippen molar-refractivity contribution in [2.75, 3.05) is 52.4 Å². The van der Waals surface area contributed by atoms with Crippen molar-refractivity contribution in [3.05, 3.63) is 0 Å². The molecule has 0 aliphatic carbocycles. The van der Waals surface area contributed by atoms with Crippen LogP contribution in [-0.2, 0) is 9.59 Å². The molecule has 0 aromatic heterocycles. The molecule has 2 aliphatic heterocycles. The number of nitrogens with one attached hydrogen (secondary N) is 1. The fourth-order valence-electron chi connectivity index (χ4n) is 3.42. The molecule has 2 atom stereocenters. The molecule has 2 rings (SSSR count). The number of carbonyl (C=O) groups is 2. The Labute approximate surface area is 131 Å². The first-order valence-corrected chi connectivity index (χ1v) is 7.87. The quantitative estimate of drug-likeness (QED) is 0.682. The van der Waals surface area contributed by atoms with Crippen LogP contribution in [0.3, 0.4) is 0 Å². The zero-order valence-corrected chi connectivity index (χ0v) is 13.4. The Morgan fingerprint density at radius 3 is 2.50 bits per heavy atom. The molecule has 0 unspecified atom stereocenters. The smallest absolute Gasteiger partial charge is 0.235 e.